The van der Waals surface area contributed by atoms with Crippen molar-refractivity contribution in [3.8, 4) is 6.07 Å². The van der Waals surface area contributed by atoms with Gasteiger partial charge in [0.25, 0.3) is 0 Å². The molecule has 1 aromatic heterocycles. The molecular weight excluding hydrogens is 286 g/mol. The summed E-state index contributed by atoms with van der Waals surface area (Å²) in [5.41, 5.74) is 1.31. The summed E-state index contributed by atoms with van der Waals surface area (Å²) in [6.45, 7) is 1.87. The first kappa shape index (κ1) is 14.9. The van der Waals surface area contributed by atoms with Gasteiger partial charge < -0.3 is 10.6 Å². The Balaban J connectivity index is 1.99. The minimum absolute atomic E-state index is 0.0391. The van der Waals surface area contributed by atoms with E-state index in [1.54, 1.807) is 18.0 Å². The average Bonchev–Trinajstić information content (AvgIpc) is 2.98. The third-order valence-electron chi connectivity index (χ3n) is 2.60. The van der Waals surface area contributed by atoms with E-state index in [0.717, 1.165) is 4.90 Å². The Kier molecular flexibility index (Phi) is 5.23. The quantitative estimate of drug-likeness (QED) is 0.738. The van der Waals surface area contributed by atoms with E-state index in [1.807, 2.05) is 31.2 Å². The zero-order valence-corrected chi connectivity index (χ0v) is 12.3. The van der Waals surface area contributed by atoms with Crippen molar-refractivity contribution in [1.82, 2.24) is 10.2 Å². The molecule has 108 valence electrons. The monoisotopic (exact) mass is 301 g/mol. The number of hydrogen-bond acceptors (Lipinski definition) is 4. The van der Waals surface area contributed by atoms with Crippen LogP contribution in [0.15, 0.2) is 41.6 Å². The lowest BCUT2D eigenvalue weighted by Crippen LogP contribution is -2.19. The zero-order chi connectivity index (χ0) is 15.1. The van der Waals surface area contributed by atoms with E-state index in [4.69, 9.17) is 5.26 Å². The molecule has 0 aliphatic rings. The molecule has 1 aromatic carbocycles. The number of rotatable bonds is 5. The molecule has 1 atom stereocenters. The fraction of sp³-hybridized carbons (Fsp3) is 0.214. The number of aromatic amines is 1. The highest BCUT2D eigenvalue weighted by molar-refractivity contribution is 7.99. The Bertz CT molecular complexity index is 635. The van der Waals surface area contributed by atoms with Crippen molar-refractivity contribution in [1.29, 1.82) is 5.26 Å². The fourth-order valence-corrected chi connectivity index (χ4v) is 2.51. The Labute approximate surface area is 126 Å². The van der Waals surface area contributed by atoms with Crippen molar-refractivity contribution in [2.45, 2.75) is 11.8 Å². The summed E-state index contributed by atoms with van der Waals surface area (Å²) in [6, 6.07) is 9.36. The molecule has 0 radical (unpaired) electrons. The molecule has 1 unspecified atom stereocenters. The second kappa shape index (κ2) is 7.36. The smallest absolute Gasteiger partial charge is 0.307 e. The Morgan fingerprint density at radius 2 is 2.29 bits per heavy atom. The number of hydrogen-bond donors (Lipinski definition) is 3. The molecule has 0 fully saturated rings. The van der Waals surface area contributed by atoms with Gasteiger partial charge in [-0.05, 0) is 19.1 Å². The number of aromatic nitrogens is 2. The van der Waals surface area contributed by atoms with Gasteiger partial charge in [0.2, 0.25) is 0 Å². The fourth-order valence-electron chi connectivity index (χ4n) is 1.55. The lowest BCUT2D eigenvalue weighted by atomic mass is 10.3. The molecule has 7 heteroatoms. The molecule has 0 aliphatic carbocycles. The van der Waals surface area contributed by atoms with Crippen LogP contribution in [0.5, 0.6) is 0 Å². The first-order chi connectivity index (χ1) is 10.2. The maximum atomic E-state index is 11.9. The second-order valence-electron chi connectivity index (χ2n) is 4.40. The van der Waals surface area contributed by atoms with E-state index < -0.39 is 0 Å². The number of nitrogens with one attached hydrogen (secondary N) is 3. The highest BCUT2D eigenvalue weighted by Crippen LogP contribution is 2.28. The summed E-state index contributed by atoms with van der Waals surface area (Å²) in [4.78, 5) is 12.8. The van der Waals surface area contributed by atoms with Crippen molar-refractivity contribution in [3.63, 3.8) is 0 Å². The van der Waals surface area contributed by atoms with Gasteiger partial charge in [-0.3, -0.25) is 5.10 Å². The van der Waals surface area contributed by atoms with E-state index in [1.165, 1.54) is 6.20 Å². The maximum Gasteiger partial charge on any atom is 0.323 e. The van der Waals surface area contributed by atoms with Gasteiger partial charge in [0.15, 0.2) is 0 Å². The van der Waals surface area contributed by atoms with Gasteiger partial charge in [0.05, 0.1) is 29.6 Å². The minimum Gasteiger partial charge on any atom is -0.307 e. The second-order valence-corrected chi connectivity index (χ2v) is 5.47. The molecule has 2 amide bonds. The van der Waals surface area contributed by atoms with Crippen molar-refractivity contribution in [2.24, 2.45) is 5.92 Å². The van der Waals surface area contributed by atoms with E-state index in [-0.39, 0.29) is 11.9 Å². The van der Waals surface area contributed by atoms with Crippen molar-refractivity contribution >= 4 is 29.2 Å². The number of carbonyl (C=O) groups is 1. The highest BCUT2D eigenvalue weighted by Gasteiger charge is 2.09. The van der Waals surface area contributed by atoms with Gasteiger partial charge in [-0.1, -0.05) is 12.1 Å². The molecule has 0 bridgehead atoms. The number of amides is 2. The van der Waals surface area contributed by atoms with Crippen LogP contribution in [0.2, 0.25) is 0 Å². The van der Waals surface area contributed by atoms with E-state index in [0.29, 0.717) is 17.1 Å². The third kappa shape index (κ3) is 4.54. The van der Waals surface area contributed by atoms with E-state index in [9.17, 15) is 4.79 Å². The van der Waals surface area contributed by atoms with Gasteiger partial charge in [0, 0.05) is 16.8 Å². The van der Waals surface area contributed by atoms with E-state index >= 15 is 0 Å². The number of urea groups is 1. The number of thioether (sulfide) groups is 1. The van der Waals surface area contributed by atoms with Crippen LogP contribution in [-0.2, 0) is 0 Å². The number of carbonyl (C=O) groups excluding carboxylic acids is 1. The van der Waals surface area contributed by atoms with Gasteiger partial charge in [0.1, 0.15) is 0 Å². The minimum atomic E-state index is -0.335. The summed E-state index contributed by atoms with van der Waals surface area (Å²) in [5, 5.41) is 20.7. The molecule has 3 N–H and O–H groups in total. The molecule has 1 heterocycles. The molecule has 2 aromatic rings. The summed E-state index contributed by atoms with van der Waals surface area (Å²) in [6.07, 6.45) is 3.11. The van der Waals surface area contributed by atoms with Gasteiger partial charge >= 0.3 is 6.03 Å². The van der Waals surface area contributed by atoms with Gasteiger partial charge in [-0.2, -0.15) is 10.4 Å². The molecule has 21 heavy (non-hydrogen) atoms. The molecular formula is C14H15N5OS. The molecule has 2 rings (SSSR count). The molecule has 0 saturated heterocycles. The molecule has 0 saturated carbocycles. The van der Waals surface area contributed by atoms with Crippen LogP contribution in [0.25, 0.3) is 0 Å². The van der Waals surface area contributed by atoms with E-state index in [2.05, 4.69) is 26.9 Å². The maximum absolute atomic E-state index is 11.9. The highest BCUT2D eigenvalue weighted by atomic mass is 32.2. The summed E-state index contributed by atoms with van der Waals surface area (Å²) < 4.78 is 0. The van der Waals surface area contributed by atoms with Crippen LogP contribution >= 0.6 is 11.8 Å². The van der Waals surface area contributed by atoms with Crippen LogP contribution in [-0.4, -0.2) is 22.0 Å². The number of H-pyrrole nitrogens is 1. The third-order valence-corrected chi connectivity index (χ3v) is 3.93. The lowest BCUT2D eigenvalue weighted by Gasteiger charge is -2.11. The molecule has 0 aliphatic heterocycles. The largest absolute Gasteiger partial charge is 0.323 e. The number of benzene rings is 1. The van der Waals surface area contributed by atoms with Crippen LogP contribution in [0.1, 0.15) is 6.92 Å². The van der Waals surface area contributed by atoms with Crippen molar-refractivity contribution < 1.29 is 4.79 Å². The topological polar surface area (TPSA) is 93.6 Å². The lowest BCUT2D eigenvalue weighted by molar-refractivity contribution is 0.262. The first-order valence-corrected chi connectivity index (χ1v) is 7.36. The SMILES string of the molecule is CC(C#N)CSc1ccccc1NC(=O)Nc1cn[nH]c1. The zero-order valence-electron chi connectivity index (χ0n) is 11.5. The predicted octanol–water partition coefficient (Wildman–Crippen LogP) is 3.31. The van der Waals surface area contributed by atoms with Crippen LogP contribution in [0.4, 0.5) is 16.2 Å². The molecule has 0 spiro atoms. The number of anilines is 2. The Hall–Kier alpha value is -2.46. The number of nitrogens with zero attached hydrogens (tertiary/aromatic N) is 2. The predicted molar refractivity (Wildman–Crippen MR) is 83.2 cm³/mol. The average molecular weight is 301 g/mol. The standard InChI is InChI=1S/C14H15N5OS/c1-10(6-15)9-21-13-5-3-2-4-12(13)19-14(20)18-11-7-16-17-8-11/h2-5,7-8,10H,9H2,1H3,(H,16,17)(H2,18,19,20). The number of nitriles is 1. The summed E-state index contributed by atoms with van der Waals surface area (Å²) in [7, 11) is 0. The first-order valence-electron chi connectivity index (χ1n) is 6.37. The van der Waals surface area contributed by atoms with Crippen LogP contribution in [0.3, 0.4) is 0 Å². The van der Waals surface area contributed by atoms with Crippen molar-refractivity contribution in [3.05, 3.63) is 36.7 Å². The molecule has 6 nitrogen and oxygen atoms in total. The van der Waals surface area contributed by atoms with Crippen LogP contribution < -0.4 is 10.6 Å². The van der Waals surface area contributed by atoms with Gasteiger partial charge in [-0.15, -0.1) is 11.8 Å². The Morgan fingerprint density at radius 3 is 3.00 bits per heavy atom. The number of para-hydroxylation sites is 1. The Morgan fingerprint density at radius 1 is 1.48 bits per heavy atom. The normalized spacial score (nSPS) is 11.4. The van der Waals surface area contributed by atoms with Crippen LogP contribution in [0, 0.1) is 17.2 Å². The van der Waals surface area contributed by atoms with Gasteiger partial charge in [-0.25, -0.2) is 4.79 Å². The summed E-state index contributed by atoms with van der Waals surface area (Å²) in [5.74, 6) is 0.640. The van der Waals surface area contributed by atoms with Crippen molar-refractivity contribution in [2.75, 3.05) is 16.4 Å². The summed E-state index contributed by atoms with van der Waals surface area (Å²) >= 11 is 1.55.